The Morgan fingerprint density at radius 1 is 0.882 bits per heavy atom. The smallest absolute Gasteiger partial charge is 0.337 e. The molecule has 168 valence electrons. The number of rotatable bonds is 7. The summed E-state index contributed by atoms with van der Waals surface area (Å²) in [6, 6.07) is 31.1. The Kier molecular flexibility index (Phi) is 5.95. The lowest BCUT2D eigenvalue weighted by Gasteiger charge is -2.10. The number of carbonyl (C=O) groups excluding carboxylic acids is 1. The quantitative estimate of drug-likeness (QED) is 0.304. The number of nitrogens with one attached hydrogen (secondary N) is 1. The van der Waals surface area contributed by atoms with Crippen LogP contribution in [-0.4, -0.2) is 22.5 Å². The summed E-state index contributed by atoms with van der Waals surface area (Å²) in [4.78, 5) is 16.6. The van der Waals surface area contributed by atoms with Crippen LogP contribution in [0.1, 0.15) is 15.9 Å². The van der Waals surface area contributed by atoms with Crippen molar-refractivity contribution in [3.05, 3.63) is 114 Å². The maximum atomic E-state index is 11.7. The Morgan fingerprint density at radius 3 is 2.35 bits per heavy atom. The molecule has 6 heteroatoms. The van der Waals surface area contributed by atoms with Crippen molar-refractivity contribution >= 4 is 23.1 Å². The highest BCUT2D eigenvalue weighted by Crippen LogP contribution is 2.32. The molecule has 0 saturated heterocycles. The largest absolute Gasteiger partial charge is 0.489 e. The molecule has 0 atom stereocenters. The summed E-state index contributed by atoms with van der Waals surface area (Å²) in [5.74, 6) is 1.26. The second-order valence-electron chi connectivity index (χ2n) is 7.73. The molecule has 2 heterocycles. The van der Waals surface area contributed by atoms with E-state index in [1.54, 1.807) is 12.1 Å². The van der Waals surface area contributed by atoms with Gasteiger partial charge in [-0.25, -0.2) is 9.78 Å². The van der Waals surface area contributed by atoms with E-state index in [4.69, 9.17) is 14.5 Å². The molecule has 1 N–H and O–H groups in total. The van der Waals surface area contributed by atoms with Gasteiger partial charge in [0.25, 0.3) is 0 Å². The monoisotopic (exact) mass is 449 g/mol. The lowest BCUT2D eigenvalue weighted by atomic mass is 10.1. The Labute approximate surface area is 197 Å². The zero-order valence-electron chi connectivity index (χ0n) is 18.6. The molecule has 0 aliphatic rings. The van der Waals surface area contributed by atoms with Gasteiger partial charge in [0.1, 0.15) is 29.5 Å². The number of hydrogen-bond acceptors (Lipinski definition) is 5. The van der Waals surface area contributed by atoms with Gasteiger partial charge in [0.05, 0.1) is 12.7 Å². The average Bonchev–Trinajstić information content (AvgIpc) is 3.26. The minimum absolute atomic E-state index is 0.364. The number of benzene rings is 3. The van der Waals surface area contributed by atoms with Gasteiger partial charge in [-0.05, 0) is 66.2 Å². The summed E-state index contributed by atoms with van der Waals surface area (Å²) >= 11 is 0. The van der Waals surface area contributed by atoms with Crippen LogP contribution in [0.15, 0.2) is 103 Å². The van der Waals surface area contributed by atoms with Crippen molar-refractivity contribution in [3.8, 4) is 17.0 Å². The van der Waals surface area contributed by atoms with Crippen LogP contribution in [0.3, 0.4) is 0 Å². The van der Waals surface area contributed by atoms with Crippen LogP contribution in [0, 0.1) is 0 Å². The van der Waals surface area contributed by atoms with Gasteiger partial charge >= 0.3 is 5.97 Å². The number of esters is 1. The van der Waals surface area contributed by atoms with E-state index in [0.29, 0.717) is 12.2 Å². The van der Waals surface area contributed by atoms with E-state index in [2.05, 4.69) is 5.32 Å². The van der Waals surface area contributed by atoms with Crippen molar-refractivity contribution in [3.63, 3.8) is 0 Å². The fourth-order valence-electron chi connectivity index (χ4n) is 3.71. The fourth-order valence-corrected chi connectivity index (χ4v) is 3.71. The van der Waals surface area contributed by atoms with Crippen molar-refractivity contribution < 1.29 is 14.3 Å². The van der Waals surface area contributed by atoms with E-state index in [-0.39, 0.29) is 5.97 Å². The number of fused-ring (bicyclic) bond motifs is 1. The van der Waals surface area contributed by atoms with Crippen molar-refractivity contribution in [2.45, 2.75) is 6.61 Å². The summed E-state index contributed by atoms with van der Waals surface area (Å²) in [5, 5.41) is 3.46. The summed E-state index contributed by atoms with van der Waals surface area (Å²) < 4.78 is 12.7. The third-order valence-electron chi connectivity index (χ3n) is 5.47. The van der Waals surface area contributed by atoms with Crippen LogP contribution >= 0.6 is 0 Å². The Hall–Kier alpha value is -4.58. The highest BCUT2D eigenvalue weighted by Gasteiger charge is 2.15. The number of pyridine rings is 1. The maximum absolute atomic E-state index is 11.7. The molecular weight excluding hydrogens is 426 g/mol. The molecule has 5 rings (SSSR count). The van der Waals surface area contributed by atoms with E-state index in [0.717, 1.165) is 39.7 Å². The highest BCUT2D eigenvalue weighted by molar-refractivity contribution is 5.90. The van der Waals surface area contributed by atoms with E-state index in [1.165, 1.54) is 7.11 Å². The fraction of sp³-hybridized carbons (Fsp3) is 0.0714. The first kappa shape index (κ1) is 21.3. The molecule has 0 aliphatic carbocycles. The van der Waals surface area contributed by atoms with E-state index < -0.39 is 0 Å². The highest BCUT2D eigenvalue weighted by atomic mass is 16.5. The standard InChI is InChI=1S/C28H23N3O3/c1-33-28(32)22-10-14-23(15-11-22)29-27-26(30-25-9-5-6-18-31(25)27)21-12-16-24(17-13-21)34-19-20-7-3-2-4-8-20/h2-18,29H,19H2,1H3. The average molecular weight is 450 g/mol. The first-order valence-electron chi connectivity index (χ1n) is 10.9. The Morgan fingerprint density at radius 2 is 1.62 bits per heavy atom. The predicted molar refractivity (Wildman–Crippen MR) is 132 cm³/mol. The van der Waals surface area contributed by atoms with Crippen LogP contribution in [-0.2, 0) is 11.3 Å². The van der Waals surface area contributed by atoms with Crippen LogP contribution in [0.4, 0.5) is 11.5 Å². The van der Waals surface area contributed by atoms with Gasteiger partial charge in [-0.2, -0.15) is 0 Å². The molecule has 6 nitrogen and oxygen atoms in total. The van der Waals surface area contributed by atoms with E-state index in [1.807, 2.05) is 95.5 Å². The molecule has 0 fully saturated rings. The van der Waals surface area contributed by atoms with Crippen molar-refractivity contribution in [2.24, 2.45) is 0 Å². The van der Waals surface area contributed by atoms with Crippen molar-refractivity contribution in [2.75, 3.05) is 12.4 Å². The van der Waals surface area contributed by atoms with Crippen LogP contribution < -0.4 is 10.1 Å². The normalized spacial score (nSPS) is 10.7. The first-order valence-corrected chi connectivity index (χ1v) is 10.9. The van der Waals surface area contributed by atoms with Gasteiger partial charge in [-0.3, -0.25) is 4.40 Å². The van der Waals surface area contributed by atoms with Gasteiger partial charge < -0.3 is 14.8 Å². The third kappa shape index (κ3) is 4.47. The molecule has 0 bridgehead atoms. The zero-order chi connectivity index (χ0) is 23.3. The SMILES string of the molecule is COC(=O)c1ccc(Nc2c(-c3ccc(OCc4ccccc4)cc3)nc3ccccn23)cc1. The van der Waals surface area contributed by atoms with Gasteiger partial charge in [0.15, 0.2) is 0 Å². The number of imidazole rings is 1. The minimum Gasteiger partial charge on any atom is -0.489 e. The van der Waals surface area contributed by atoms with Crippen LogP contribution in [0.5, 0.6) is 5.75 Å². The second-order valence-corrected chi connectivity index (χ2v) is 7.73. The number of carbonyl (C=O) groups is 1. The van der Waals surface area contributed by atoms with Crippen LogP contribution in [0.2, 0.25) is 0 Å². The molecule has 0 radical (unpaired) electrons. The summed E-state index contributed by atoms with van der Waals surface area (Å²) in [7, 11) is 1.37. The molecule has 3 aromatic carbocycles. The summed E-state index contributed by atoms with van der Waals surface area (Å²) in [6.07, 6.45) is 1.97. The van der Waals surface area contributed by atoms with E-state index >= 15 is 0 Å². The number of ether oxygens (including phenoxy) is 2. The van der Waals surface area contributed by atoms with Gasteiger partial charge in [-0.15, -0.1) is 0 Å². The molecule has 34 heavy (non-hydrogen) atoms. The van der Waals surface area contributed by atoms with Crippen molar-refractivity contribution in [1.82, 2.24) is 9.38 Å². The van der Waals surface area contributed by atoms with Crippen molar-refractivity contribution in [1.29, 1.82) is 0 Å². The lowest BCUT2D eigenvalue weighted by molar-refractivity contribution is 0.0601. The number of hydrogen-bond donors (Lipinski definition) is 1. The first-order chi connectivity index (χ1) is 16.7. The lowest BCUT2D eigenvalue weighted by Crippen LogP contribution is -2.01. The van der Waals surface area contributed by atoms with Gasteiger partial charge in [-0.1, -0.05) is 36.4 Å². The number of aromatic nitrogens is 2. The molecule has 0 aliphatic heterocycles. The number of nitrogens with zero attached hydrogens (tertiary/aromatic N) is 2. The van der Waals surface area contributed by atoms with Crippen LogP contribution in [0.25, 0.3) is 16.9 Å². The molecule has 0 unspecified atom stereocenters. The zero-order valence-corrected chi connectivity index (χ0v) is 18.6. The Balaban J connectivity index is 1.42. The third-order valence-corrected chi connectivity index (χ3v) is 5.47. The summed E-state index contributed by atoms with van der Waals surface area (Å²) in [5.41, 5.74) is 5.06. The molecule has 0 saturated carbocycles. The molecule has 5 aromatic rings. The second kappa shape index (κ2) is 9.50. The molecule has 0 amide bonds. The van der Waals surface area contributed by atoms with Gasteiger partial charge in [0, 0.05) is 17.4 Å². The minimum atomic E-state index is -0.364. The number of methoxy groups -OCH3 is 1. The topological polar surface area (TPSA) is 64.9 Å². The summed E-state index contributed by atoms with van der Waals surface area (Å²) in [6.45, 7) is 0.517. The number of anilines is 2. The predicted octanol–water partition coefficient (Wildman–Crippen LogP) is 6.11. The Bertz CT molecular complexity index is 1410. The molecule has 0 spiro atoms. The van der Waals surface area contributed by atoms with E-state index in [9.17, 15) is 4.79 Å². The maximum Gasteiger partial charge on any atom is 0.337 e. The molecule has 2 aromatic heterocycles. The van der Waals surface area contributed by atoms with Gasteiger partial charge in [0.2, 0.25) is 0 Å². The molecular formula is C28H23N3O3.